The molecule has 7 heteroatoms. The second-order valence-electron chi connectivity index (χ2n) is 6.93. The SMILES string of the molecule is COC(=O)Cc1c(-c2ccccc2)nc2n1-c1c(ccc3cccnc13)CC2.Cl.Cl. The van der Waals surface area contributed by atoms with Crippen molar-refractivity contribution in [2.75, 3.05) is 7.11 Å². The van der Waals surface area contributed by atoms with Gasteiger partial charge in [0, 0.05) is 23.6 Å². The van der Waals surface area contributed by atoms with Gasteiger partial charge in [0.15, 0.2) is 0 Å². The van der Waals surface area contributed by atoms with Crippen LogP contribution in [0.25, 0.3) is 27.8 Å². The van der Waals surface area contributed by atoms with Crippen molar-refractivity contribution in [1.82, 2.24) is 14.5 Å². The van der Waals surface area contributed by atoms with E-state index in [1.165, 1.54) is 12.7 Å². The molecule has 0 unspecified atom stereocenters. The van der Waals surface area contributed by atoms with E-state index in [-0.39, 0.29) is 37.2 Å². The molecule has 0 saturated carbocycles. The van der Waals surface area contributed by atoms with E-state index in [9.17, 15) is 4.79 Å². The van der Waals surface area contributed by atoms with E-state index in [4.69, 9.17) is 9.72 Å². The summed E-state index contributed by atoms with van der Waals surface area (Å²) in [5, 5.41) is 1.08. The molecule has 0 atom stereocenters. The summed E-state index contributed by atoms with van der Waals surface area (Å²) >= 11 is 0. The number of benzene rings is 2. The fourth-order valence-electron chi connectivity index (χ4n) is 4.01. The van der Waals surface area contributed by atoms with E-state index < -0.39 is 0 Å². The van der Waals surface area contributed by atoms with E-state index in [0.29, 0.717) is 0 Å². The van der Waals surface area contributed by atoms with Crippen LogP contribution in [0.4, 0.5) is 0 Å². The van der Waals surface area contributed by atoms with Gasteiger partial charge in [0.25, 0.3) is 0 Å². The maximum atomic E-state index is 12.2. The highest BCUT2D eigenvalue weighted by Gasteiger charge is 2.27. The Hall–Kier alpha value is -2.89. The van der Waals surface area contributed by atoms with Crippen LogP contribution >= 0.6 is 24.8 Å². The summed E-state index contributed by atoms with van der Waals surface area (Å²) in [5.74, 6) is 0.684. The minimum atomic E-state index is -0.278. The zero-order chi connectivity index (χ0) is 19.1. The minimum absolute atomic E-state index is 0. The summed E-state index contributed by atoms with van der Waals surface area (Å²) in [7, 11) is 1.42. The molecule has 5 nitrogen and oxygen atoms in total. The maximum Gasteiger partial charge on any atom is 0.311 e. The fourth-order valence-corrected chi connectivity index (χ4v) is 4.01. The number of esters is 1. The predicted molar refractivity (Wildman–Crippen MR) is 122 cm³/mol. The van der Waals surface area contributed by atoms with Crippen molar-refractivity contribution in [3.05, 3.63) is 77.9 Å². The second-order valence-corrected chi connectivity index (χ2v) is 6.93. The van der Waals surface area contributed by atoms with E-state index in [1.54, 1.807) is 0 Å². The van der Waals surface area contributed by atoms with Gasteiger partial charge in [0.2, 0.25) is 0 Å². The van der Waals surface area contributed by atoms with Gasteiger partial charge in [0.05, 0.1) is 36.1 Å². The Labute approximate surface area is 186 Å². The minimum Gasteiger partial charge on any atom is -0.469 e. The first-order valence-electron chi connectivity index (χ1n) is 9.36. The number of hydrogen-bond donors (Lipinski definition) is 0. The summed E-state index contributed by atoms with van der Waals surface area (Å²) in [6.07, 6.45) is 3.71. The van der Waals surface area contributed by atoms with Crippen LogP contribution in [0.2, 0.25) is 0 Å². The Morgan fingerprint density at radius 3 is 2.60 bits per heavy atom. The molecule has 5 rings (SSSR count). The molecule has 0 bridgehead atoms. The molecule has 0 N–H and O–H groups in total. The molecule has 0 amide bonds. The van der Waals surface area contributed by atoms with E-state index in [2.05, 4.69) is 27.8 Å². The number of rotatable bonds is 3. The third-order valence-corrected chi connectivity index (χ3v) is 5.30. The van der Waals surface area contributed by atoms with Crippen molar-refractivity contribution in [2.24, 2.45) is 0 Å². The predicted octanol–water partition coefficient (Wildman–Crippen LogP) is 4.75. The molecule has 1 aliphatic rings. The molecule has 0 radical (unpaired) electrons. The summed E-state index contributed by atoms with van der Waals surface area (Å²) in [4.78, 5) is 21.8. The summed E-state index contributed by atoms with van der Waals surface area (Å²) in [5.41, 5.74) is 5.88. The van der Waals surface area contributed by atoms with Crippen LogP contribution in [0.1, 0.15) is 17.1 Å². The third-order valence-electron chi connectivity index (χ3n) is 5.30. The maximum absolute atomic E-state index is 12.2. The van der Waals surface area contributed by atoms with Gasteiger partial charge < -0.3 is 4.74 Å². The van der Waals surface area contributed by atoms with Crippen molar-refractivity contribution >= 4 is 41.7 Å². The Morgan fingerprint density at radius 2 is 1.83 bits per heavy atom. The van der Waals surface area contributed by atoms with Crippen molar-refractivity contribution in [1.29, 1.82) is 0 Å². The lowest BCUT2D eigenvalue weighted by atomic mass is 9.99. The van der Waals surface area contributed by atoms with Crippen molar-refractivity contribution in [3.8, 4) is 16.9 Å². The van der Waals surface area contributed by atoms with Gasteiger partial charge in [-0.25, -0.2) is 4.98 Å². The van der Waals surface area contributed by atoms with Crippen LogP contribution in [0.3, 0.4) is 0 Å². The van der Waals surface area contributed by atoms with Gasteiger partial charge >= 0.3 is 5.97 Å². The average molecular weight is 442 g/mol. The molecule has 2 aromatic carbocycles. The van der Waals surface area contributed by atoms with Gasteiger partial charge in [-0.2, -0.15) is 0 Å². The normalized spacial score (nSPS) is 11.6. The standard InChI is InChI=1S/C23H19N3O2.2ClH/c1-28-20(27)14-18-21(15-6-3-2-4-7-15)25-19-12-11-17-10-9-16-8-5-13-24-22(16)23(17)26(18)19;;/h2-10,13H,11-12,14H2,1H3;2*1H. The van der Waals surface area contributed by atoms with Gasteiger partial charge in [0.1, 0.15) is 5.82 Å². The smallest absolute Gasteiger partial charge is 0.311 e. The number of imidazole rings is 1. The molecule has 154 valence electrons. The van der Waals surface area contributed by atoms with Crippen molar-refractivity contribution in [2.45, 2.75) is 19.3 Å². The van der Waals surface area contributed by atoms with Gasteiger partial charge in [-0.05, 0) is 18.1 Å². The fraction of sp³-hybridized carbons (Fsp3) is 0.174. The number of carbonyl (C=O) groups excluding carboxylic acids is 1. The third kappa shape index (κ3) is 3.55. The zero-order valence-corrected chi connectivity index (χ0v) is 18.0. The quantitative estimate of drug-likeness (QED) is 0.430. The van der Waals surface area contributed by atoms with E-state index in [1.807, 2.05) is 42.6 Å². The first-order chi connectivity index (χ1) is 13.8. The lowest BCUT2D eigenvalue weighted by molar-refractivity contribution is -0.139. The van der Waals surface area contributed by atoms with Gasteiger partial charge in [-0.1, -0.05) is 48.5 Å². The van der Waals surface area contributed by atoms with Crippen LogP contribution in [0.5, 0.6) is 0 Å². The molecule has 0 spiro atoms. The molecule has 3 heterocycles. The number of fused-ring (bicyclic) bond motifs is 5. The Kier molecular flexibility index (Phi) is 6.44. The van der Waals surface area contributed by atoms with Crippen molar-refractivity contribution in [3.63, 3.8) is 0 Å². The highest BCUT2D eigenvalue weighted by Crippen LogP contribution is 2.36. The summed E-state index contributed by atoms with van der Waals surface area (Å²) in [6.45, 7) is 0. The molecule has 4 aromatic rings. The lowest BCUT2D eigenvalue weighted by Gasteiger charge is -2.22. The number of carbonyl (C=O) groups is 1. The highest BCUT2D eigenvalue weighted by molar-refractivity contribution is 5.89. The van der Waals surface area contributed by atoms with Gasteiger partial charge in [-0.3, -0.25) is 14.3 Å². The second kappa shape index (κ2) is 8.86. The number of hydrogen-bond acceptors (Lipinski definition) is 4. The first kappa shape index (κ1) is 21.8. The number of halogens is 2. The number of ether oxygens (including phenoxy) is 1. The largest absolute Gasteiger partial charge is 0.469 e. The number of nitrogens with zero attached hydrogens (tertiary/aromatic N) is 3. The van der Waals surface area contributed by atoms with Crippen LogP contribution in [-0.4, -0.2) is 27.6 Å². The van der Waals surface area contributed by atoms with Crippen LogP contribution in [0.15, 0.2) is 60.8 Å². The van der Waals surface area contributed by atoms with E-state index in [0.717, 1.165) is 52.2 Å². The van der Waals surface area contributed by atoms with Crippen molar-refractivity contribution < 1.29 is 9.53 Å². The van der Waals surface area contributed by atoms with E-state index >= 15 is 0 Å². The molecule has 30 heavy (non-hydrogen) atoms. The van der Waals surface area contributed by atoms with Crippen LogP contribution < -0.4 is 0 Å². The van der Waals surface area contributed by atoms with Crippen LogP contribution in [0, 0.1) is 0 Å². The summed E-state index contributed by atoms with van der Waals surface area (Å²) in [6, 6.07) is 18.3. The monoisotopic (exact) mass is 441 g/mol. The molecule has 0 fully saturated rings. The number of aryl methyl sites for hydroxylation is 2. The number of pyridine rings is 1. The number of methoxy groups -OCH3 is 1. The molecule has 0 aliphatic carbocycles. The Balaban J connectivity index is 0.00000128. The zero-order valence-electron chi connectivity index (χ0n) is 16.4. The molecule has 1 aliphatic heterocycles. The highest BCUT2D eigenvalue weighted by atomic mass is 35.5. The number of aromatic nitrogens is 3. The average Bonchev–Trinajstić information content (AvgIpc) is 3.12. The molecular weight excluding hydrogens is 421 g/mol. The Morgan fingerprint density at radius 1 is 1.03 bits per heavy atom. The van der Waals surface area contributed by atoms with Crippen LogP contribution in [-0.2, 0) is 28.8 Å². The topological polar surface area (TPSA) is 57.0 Å². The van der Waals surface area contributed by atoms with Gasteiger partial charge in [-0.15, -0.1) is 24.8 Å². The molecular formula is C23H21Cl2N3O2. The lowest BCUT2D eigenvalue weighted by Crippen LogP contribution is -2.17. The summed E-state index contributed by atoms with van der Waals surface area (Å²) < 4.78 is 7.12. The first-order valence-corrected chi connectivity index (χ1v) is 9.36. The Bertz CT molecular complexity index is 1210. The molecule has 2 aromatic heterocycles. The molecule has 0 saturated heterocycles.